The first-order valence-electron chi connectivity index (χ1n) is 6.78. The zero-order valence-corrected chi connectivity index (χ0v) is 14.7. The van der Waals surface area contributed by atoms with E-state index in [0.717, 1.165) is 21.3 Å². The molecular weight excluding hydrogens is 348 g/mol. The van der Waals surface area contributed by atoms with Crippen molar-refractivity contribution in [2.75, 3.05) is 16.8 Å². The van der Waals surface area contributed by atoms with E-state index in [1.165, 1.54) is 34.4 Å². The Morgan fingerprint density at radius 3 is 2.78 bits per heavy atom. The van der Waals surface area contributed by atoms with Gasteiger partial charge in [-0.15, -0.1) is 11.3 Å². The van der Waals surface area contributed by atoms with Crippen LogP contribution in [0.15, 0.2) is 40.1 Å². The summed E-state index contributed by atoms with van der Waals surface area (Å²) >= 11 is 4.19. The fraction of sp³-hybridized carbons (Fsp3) is 0.133. The van der Waals surface area contributed by atoms with Crippen LogP contribution in [-0.4, -0.2) is 21.6 Å². The van der Waals surface area contributed by atoms with Gasteiger partial charge in [-0.05, 0) is 6.92 Å². The highest BCUT2D eigenvalue weighted by Gasteiger charge is 2.13. The lowest BCUT2D eigenvalue weighted by molar-refractivity contribution is -0.113. The Hall–Kier alpha value is -1.90. The van der Waals surface area contributed by atoms with E-state index >= 15 is 0 Å². The lowest BCUT2D eigenvalue weighted by Crippen LogP contribution is -2.13. The number of thiazole rings is 2. The van der Waals surface area contributed by atoms with E-state index in [-0.39, 0.29) is 11.7 Å². The highest BCUT2D eigenvalue weighted by Crippen LogP contribution is 2.35. The number of benzene rings is 1. The Morgan fingerprint density at radius 2 is 2.09 bits per heavy atom. The SMILES string of the molecule is Cc1csc(NC(=O)CSc2nc(-c3ccccc3)c(N)s2)n1. The van der Waals surface area contributed by atoms with Gasteiger partial charge >= 0.3 is 0 Å². The predicted molar refractivity (Wildman–Crippen MR) is 98.2 cm³/mol. The first-order chi connectivity index (χ1) is 11.1. The maximum absolute atomic E-state index is 11.9. The fourth-order valence-corrected chi connectivity index (χ4v) is 4.32. The Kier molecular flexibility index (Phi) is 4.94. The van der Waals surface area contributed by atoms with E-state index < -0.39 is 0 Å². The van der Waals surface area contributed by atoms with Gasteiger partial charge in [0.05, 0.1) is 11.4 Å². The molecule has 3 aromatic rings. The summed E-state index contributed by atoms with van der Waals surface area (Å²) in [5.74, 6) is 0.180. The van der Waals surface area contributed by atoms with Gasteiger partial charge in [-0.3, -0.25) is 4.79 Å². The van der Waals surface area contributed by atoms with Crippen molar-refractivity contribution in [1.82, 2.24) is 9.97 Å². The van der Waals surface area contributed by atoms with Crippen LogP contribution in [0.3, 0.4) is 0 Å². The molecule has 0 saturated carbocycles. The van der Waals surface area contributed by atoms with Crippen molar-refractivity contribution in [3.8, 4) is 11.3 Å². The highest BCUT2D eigenvalue weighted by atomic mass is 32.2. The molecule has 0 unspecified atom stereocenters. The maximum atomic E-state index is 11.9. The number of nitrogens with two attached hydrogens (primary N) is 1. The molecule has 3 N–H and O–H groups in total. The molecule has 1 aromatic carbocycles. The molecule has 0 spiro atoms. The van der Waals surface area contributed by atoms with E-state index in [4.69, 9.17) is 5.73 Å². The monoisotopic (exact) mass is 362 g/mol. The van der Waals surface area contributed by atoms with Gasteiger partial charge in [0, 0.05) is 10.9 Å². The molecule has 1 amide bonds. The molecule has 0 aliphatic carbocycles. The van der Waals surface area contributed by atoms with Gasteiger partial charge in [0.2, 0.25) is 5.91 Å². The lowest BCUT2D eigenvalue weighted by Gasteiger charge is -1.99. The normalized spacial score (nSPS) is 10.7. The summed E-state index contributed by atoms with van der Waals surface area (Å²) in [6.07, 6.45) is 0. The third-order valence-electron chi connectivity index (χ3n) is 2.87. The van der Waals surface area contributed by atoms with Gasteiger partial charge in [0.1, 0.15) is 10.7 Å². The molecule has 0 aliphatic heterocycles. The van der Waals surface area contributed by atoms with E-state index in [9.17, 15) is 4.79 Å². The third kappa shape index (κ3) is 4.10. The number of aryl methyl sites for hydroxylation is 1. The number of aromatic nitrogens is 2. The summed E-state index contributed by atoms with van der Waals surface area (Å²) in [6, 6.07) is 9.79. The largest absolute Gasteiger partial charge is 0.389 e. The summed E-state index contributed by atoms with van der Waals surface area (Å²) in [5, 5.41) is 5.96. The van der Waals surface area contributed by atoms with Crippen LogP contribution < -0.4 is 11.1 Å². The topological polar surface area (TPSA) is 80.9 Å². The van der Waals surface area contributed by atoms with E-state index in [1.807, 2.05) is 42.6 Å². The standard InChI is InChI=1S/C15H14N4OS3/c1-9-7-21-14(17-9)18-11(20)8-22-15-19-12(13(16)23-15)10-5-3-2-4-6-10/h2-7H,8,16H2,1H3,(H,17,18,20). The quantitative estimate of drug-likeness (QED) is 0.673. The van der Waals surface area contributed by atoms with Gasteiger partial charge in [-0.1, -0.05) is 53.4 Å². The van der Waals surface area contributed by atoms with Crippen LogP contribution in [0.2, 0.25) is 0 Å². The second-order valence-corrected chi connectivity index (χ2v) is 7.80. The first-order valence-corrected chi connectivity index (χ1v) is 9.46. The van der Waals surface area contributed by atoms with Gasteiger partial charge < -0.3 is 11.1 Å². The van der Waals surface area contributed by atoms with Crippen LogP contribution in [0.5, 0.6) is 0 Å². The Balaban J connectivity index is 1.61. The van der Waals surface area contributed by atoms with Crippen molar-refractivity contribution in [3.05, 3.63) is 41.4 Å². The molecule has 2 aromatic heterocycles. The Bertz CT molecular complexity index is 813. The Morgan fingerprint density at radius 1 is 1.30 bits per heavy atom. The van der Waals surface area contributed by atoms with Gasteiger partial charge in [0.25, 0.3) is 0 Å². The average Bonchev–Trinajstić information content (AvgIpc) is 3.12. The van der Waals surface area contributed by atoms with Crippen LogP contribution in [0.1, 0.15) is 5.69 Å². The van der Waals surface area contributed by atoms with Crippen LogP contribution in [0, 0.1) is 6.92 Å². The van der Waals surface area contributed by atoms with Gasteiger partial charge in [-0.2, -0.15) is 0 Å². The zero-order valence-electron chi connectivity index (χ0n) is 12.3. The number of thioether (sulfide) groups is 1. The smallest absolute Gasteiger partial charge is 0.236 e. The van der Waals surface area contributed by atoms with Crippen molar-refractivity contribution < 1.29 is 4.79 Å². The summed E-state index contributed by atoms with van der Waals surface area (Å²) in [4.78, 5) is 20.7. The molecule has 0 bridgehead atoms. The molecule has 0 saturated heterocycles. The third-order valence-corrected chi connectivity index (χ3v) is 5.78. The second-order valence-electron chi connectivity index (χ2n) is 4.69. The second kappa shape index (κ2) is 7.12. The summed E-state index contributed by atoms with van der Waals surface area (Å²) < 4.78 is 0.784. The van der Waals surface area contributed by atoms with Crippen molar-refractivity contribution in [3.63, 3.8) is 0 Å². The number of nitrogens with zero attached hydrogens (tertiary/aromatic N) is 2. The van der Waals surface area contributed by atoms with Crippen molar-refractivity contribution >= 4 is 50.5 Å². The van der Waals surface area contributed by atoms with Gasteiger partial charge in [0.15, 0.2) is 9.47 Å². The molecule has 0 aliphatic rings. The van der Waals surface area contributed by atoms with Crippen molar-refractivity contribution in [1.29, 1.82) is 0 Å². The molecule has 2 heterocycles. The average molecular weight is 363 g/mol. The molecular formula is C15H14N4OS3. The minimum absolute atomic E-state index is 0.0978. The Labute approximate surface area is 146 Å². The summed E-state index contributed by atoms with van der Waals surface area (Å²) in [5.41, 5.74) is 8.70. The maximum Gasteiger partial charge on any atom is 0.236 e. The molecule has 3 rings (SSSR count). The fourth-order valence-electron chi connectivity index (χ4n) is 1.87. The number of hydrogen-bond donors (Lipinski definition) is 2. The molecule has 23 heavy (non-hydrogen) atoms. The number of amides is 1. The van der Waals surface area contributed by atoms with Crippen LogP contribution in [0.4, 0.5) is 10.1 Å². The van der Waals surface area contributed by atoms with Gasteiger partial charge in [-0.25, -0.2) is 9.97 Å². The number of hydrogen-bond acceptors (Lipinski definition) is 7. The van der Waals surface area contributed by atoms with Crippen molar-refractivity contribution in [2.45, 2.75) is 11.3 Å². The molecule has 5 nitrogen and oxygen atoms in total. The molecule has 0 fully saturated rings. The zero-order chi connectivity index (χ0) is 16.2. The minimum atomic E-state index is -0.0978. The van der Waals surface area contributed by atoms with E-state index in [0.29, 0.717) is 10.1 Å². The van der Waals surface area contributed by atoms with Crippen molar-refractivity contribution in [2.24, 2.45) is 0 Å². The molecule has 118 valence electrons. The highest BCUT2D eigenvalue weighted by molar-refractivity contribution is 8.01. The number of rotatable bonds is 5. The predicted octanol–water partition coefficient (Wildman–Crippen LogP) is 3.89. The molecule has 0 atom stereocenters. The van der Waals surface area contributed by atoms with Crippen LogP contribution in [-0.2, 0) is 4.79 Å². The number of carbonyl (C=O) groups is 1. The van der Waals surface area contributed by atoms with E-state index in [2.05, 4.69) is 15.3 Å². The molecule has 8 heteroatoms. The number of anilines is 2. The number of carbonyl (C=O) groups excluding carboxylic acids is 1. The summed E-state index contributed by atoms with van der Waals surface area (Å²) in [6.45, 7) is 1.89. The van der Waals surface area contributed by atoms with Crippen LogP contribution >= 0.6 is 34.4 Å². The first kappa shape index (κ1) is 16.0. The summed E-state index contributed by atoms with van der Waals surface area (Å²) in [7, 11) is 0. The van der Waals surface area contributed by atoms with Crippen LogP contribution in [0.25, 0.3) is 11.3 Å². The number of nitrogens with one attached hydrogen (secondary N) is 1. The lowest BCUT2D eigenvalue weighted by atomic mass is 10.2. The minimum Gasteiger partial charge on any atom is -0.389 e. The molecule has 0 radical (unpaired) electrons. The number of nitrogen functional groups attached to an aromatic ring is 1. The van der Waals surface area contributed by atoms with E-state index in [1.54, 1.807) is 0 Å².